The van der Waals surface area contributed by atoms with Crippen molar-refractivity contribution in [2.75, 3.05) is 0 Å². The average molecular weight is 258 g/mol. The number of nitrogens with zero attached hydrogens (tertiary/aromatic N) is 1. The molecule has 2 rings (SSSR count). The second kappa shape index (κ2) is 3.53. The summed E-state index contributed by atoms with van der Waals surface area (Å²) in [7, 11) is 0. The van der Waals surface area contributed by atoms with Gasteiger partial charge in [0.05, 0.1) is 10.2 Å². The van der Waals surface area contributed by atoms with Crippen LogP contribution in [0.1, 0.15) is 0 Å². The lowest BCUT2D eigenvalue weighted by Crippen LogP contribution is -1.96. The van der Waals surface area contributed by atoms with Gasteiger partial charge in [-0.1, -0.05) is 0 Å². The lowest BCUT2D eigenvalue weighted by atomic mass is 10.3. The van der Waals surface area contributed by atoms with Crippen molar-refractivity contribution in [3.05, 3.63) is 52.8 Å². The minimum absolute atomic E-state index is 0.130. The van der Waals surface area contributed by atoms with Gasteiger partial charge >= 0.3 is 0 Å². The van der Waals surface area contributed by atoms with Crippen molar-refractivity contribution in [2.24, 2.45) is 0 Å². The third kappa shape index (κ3) is 1.57. The molecule has 14 heavy (non-hydrogen) atoms. The zero-order chi connectivity index (χ0) is 10.1. The zero-order valence-electron chi connectivity index (χ0n) is 7.05. The highest BCUT2D eigenvalue weighted by Crippen LogP contribution is 2.22. The largest absolute Gasteiger partial charge is 0.321 e. The van der Waals surface area contributed by atoms with E-state index in [4.69, 9.17) is 0 Å². The van der Waals surface area contributed by atoms with Crippen molar-refractivity contribution in [2.45, 2.75) is 0 Å². The highest BCUT2D eigenvalue weighted by molar-refractivity contribution is 9.10. The Hall–Kier alpha value is -1.16. The Morgan fingerprint density at radius 2 is 1.64 bits per heavy atom. The molecule has 0 saturated carbocycles. The molecule has 0 aliphatic carbocycles. The fourth-order valence-corrected chi connectivity index (χ4v) is 1.52. The van der Waals surface area contributed by atoms with Crippen molar-refractivity contribution in [1.82, 2.24) is 4.57 Å². The van der Waals surface area contributed by atoms with E-state index in [0.29, 0.717) is 0 Å². The first-order chi connectivity index (χ1) is 6.68. The molecule has 0 saturated heterocycles. The van der Waals surface area contributed by atoms with Crippen LogP contribution >= 0.6 is 15.9 Å². The minimum Gasteiger partial charge on any atom is -0.321 e. The molecular weight excluding hydrogens is 252 g/mol. The summed E-state index contributed by atoms with van der Waals surface area (Å²) in [5.41, 5.74) is 0.204. The SMILES string of the molecule is Fc1cc(-n2cccc2)c(F)cc1Br. The predicted octanol–water partition coefficient (Wildman–Crippen LogP) is 3.52. The lowest BCUT2D eigenvalue weighted by molar-refractivity contribution is 0.587. The van der Waals surface area contributed by atoms with Gasteiger partial charge in [-0.15, -0.1) is 0 Å². The Morgan fingerprint density at radius 3 is 2.29 bits per heavy atom. The van der Waals surface area contributed by atoms with Gasteiger partial charge in [-0.3, -0.25) is 0 Å². The van der Waals surface area contributed by atoms with Crippen LogP contribution in [0.25, 0.3) is 5.69 Å². The van der Waals surface area contributed by atoms with Crippen LogP contribution in [0, 0.1) is 11.6 Å². The van der Waals surface area contributed by atoms with Crippen LogP contribution in [0.3, 0.4) is 0 Å². The fraction of sp³-hybridized carbons (Fsp3) is 0. The summed E-state index contributed by atoms with van der Waals surface area (Å²) < 4.78 is 28.1. The molecule has 0 unspecified atom stereocenters. The topological polar surface area (TPSA) is 4.93 Å². The average Bonchev–Trinajstić information content (AvgIpc) is 2.64. The van der Waals surface area contributed by atoms with E-state index in [1.54, 1.807) is 24.5 Å². The molecule has 0 amide bonds. The third-order valence-corrected chi connectivity index (χ3v) is 2.48. The Labute approximate surface area is 88.1 Å². The van der Waals surface area contributed by atoms with Crippen molar-refractivity contribution < 1.29 is 8.78 Å². The van der Waals surface area contributed by atoms with Gasteiger partial charge in [0, 0.05) is 18.5 Å². The normalized spacial score (nSPS) is 10.5. The molecule has 1 aromatic carbocycles. The molecule has 0 aliphatic rings. The van der Waals surface area contributed by atoms with Crippen LogP contribution in [-0.4, -0.2) is 4.57 Å². The quantitative estimate of drug-likeness (QED) is 0.689. The molecule has 1 heterocycles. The zero-order valence-corrected chi connectivity index (χ0v) is 8.63. The van der Waals surface area contributed by atoms with E-state index >= 15 is 0 Å². The molecule has 4 heteroatoms. The Balaban J connectivity index is 2.60. The van der Waals surface area contributed by atoms with Gasteiger partial charge in [-0.25, -0.2) is 8.78 Å². The molecule has 2 aromatic rings. The molecule has 0 fully saturated rings. The molecule has 72 valence electrons. The first kappa shape index (κ1) is 9.40. The van der Waals surface area contributed by atoms with Crippen molar-refractivity contribution in [1.29, 1.82) is 0 Å². The smallest absolute Gasteiger partial charge is 0.148 e. The van der Waals surface area contributed by atoms with Gasteiger partial charge in [0.15, 0.2) is 0 Å². The van der Waals surface area contributed by atoms with Gasteiger partial charge in [0.1, 0.15) is 11.6 Å². The van der Waals surface area contributed by atoms with Crippen LogP contribution in [0.2, 0.25) is 0 Å². The number of rotatable bonds is 1. The van der Waals surface area contributed by atoms with Gasteiger partial charge in [0.25, 0.3) is 0 Å². The second-order valence-corrected chi connectivity index (χ2v) is 3.66. The highest BCUT2D eigenvalue weighted by atomic mass is 79.9. The molecule has 0 spiro atoms. The number of halogens is 3. The van der Waals surface area contributed by atoms with Gasteiger partial charge in [-0.2, -0.15) is 0 Å². The van der Waals surface area contributed by atoms with E-state index in [-0.39, 0.29) is 10.2 Å². The van der Waals surface area contributed by atoms with Crippen LogP contribution in [-0.2, 0) is 0 Å². The minimum atomic E-state index is -0.477. The summed E-state index contributed by atoms with van der Waals surface area (Å²) >= 11 is 2.92. The van der Waals surface area contributed by atoms with Crippen molar-refractivity contribution in [3.63, 3.8) is 0 Å². The molecule has 0 bridgehead atoms. The molecular formula is C10H6BrF2N. The molecule has 0 atom stereocenters. The van der Waals surface area contributed by atoms with E-state index in [1.165, 1.54) is 4.57 Å². The summed E-state index contributed by atoms with van der Waals surface area (Å²) in [6.07, 6.45) is 3.32. The standard InChI is InChI=1S/C10H6BrF2N/c11-7-5-9(13)10(6-8(7)12)14-3-1-2-4-14/h1-6H. The maximum atomic E-state index is 13.4. The van der Waals surface area contributed by atoms with E-state index in [9.17, 15) is 8.78 Å². The fourth-order valence-electron chi connectivity index (χ4n) is 1.21. The molecule has 1 aromatic heterocycles. The van der Waals surface area contributed by atoms with Gasteiger partial charge in [0.2, 0.25) is 0 Å². The Bertz CT molecular complexity index is 451. The van der Waals surface area contributed by atoms with E-state index in [2.05, 4.69) is 15.9 Å². The van der Waals surface area contributed by atoms with Crippen LogP contribution in [0.15, 0.2) is 41.1 Å². The second-order valence-electron chi connectivity index (χ2n) is 2.81. The Kier molecular flexibility index (Phi) is 2.37. The Morgan fingerprint density at radius 1 is 1.00 bits per heavy atom. The van der Waals surface area contributed by atoms with Crippen LogP contribution in [0.4, 0.5) is 8.78 Å². The summed E-state index contributed by atoms with van der Waals surface area (Å²) in [6.45, 7) is 0. The molecule has 0 radical (unpaired) electrons. The highest BCUT2D eigenvalue weighted by Gasteiger charge is 2.08. The summed E-state index contributed by atoms with van der Waals surface area (Å²) in [5.74, 6) is -0.940. The maximum Gasteiger partial charge on any atom is 0.148 e. The van der Waals surface area contributed by atoms with Crippen LogP contribution < -0.4 is 0 Å². The van der Waals surface area contributed by atoms with Crippen molar-refractivity contribution in [3.8, 4) is 5.69 Å². The number of hydrogen-bond donors (Lipinski definition) is 0. The van der Waals surface area contributed by atoms with Crippen molar-refractivity contribution >= 4 is 15.9 Å². The van der Waals surface area contributed by atoms with E-state index in [1.807, 2.05) is 0 Å². The summed E-state index contributed by atoms with van der Waals surface area (Å²) in [5, 5.41) is 0. The predicted molar refractivity (Wildman–Crippen MR) is 53.4 cm³/mol. The van der Waals surface area contributed by atoms with Gasteiger partial charge < -0.3 is 4.57 Å². The number of hydrogen-bond acceptors (Lipinski definition) is 0. The number of benzene rings is 1. The maximum absolute atomic E-state index is 13.4. The lowest BCUT2D eigenvalue weighted by Gasteiger charge is -2.05. The molecule has 0 aliphatic heterocycles. The number of aromatic nitrogens is 1. The third-order valence-electron chi connectivity index (χ3n) is 1.87. The first-order valence-electron chi connectivity index (χ1n) is 3.96. The monoisotopic (exact) mass is 257 g/mol. The van der Waals surface area contributed by atoms with Gasteiger partial charge in [-0.05, 0) is 34.1 Å². The van der Waals surface area contributed by atoms with E-state index < -0.39 is 11.6 Å². The van der Waals surface area contributed by atoms with E-state index in [0.717, 1.165) is 12.1 Å². The summed E-state index contributed by atoms with van der Waals surface area (Å²) in [6, 6.07) is 5.77. The first-order valence-corrected chi connectivity index (χ1v) is 4.75. The van der Waals surface area contributed by atoms with Crippen LogP contribution in [0.5, 0.6) is 0 Å². The molecule has 1 nitrogen and oxygen atoms in total. The summed E-state index contributed by atoms with van der Waals surface area (Å²) in [4.78, 5) is 0. The molecule has 0 N–H and O–H groups in total.